The van der Waals surface area contributed by atoms with E-state index in [-0.39, 0.29) is 36.5 Å². The summed E-state index contributed by atoms with van der Waals surface area (Å²) < 4.78 is 23.4. The molecule has 1 N–H and O–H groups in total. The first kappa shape index (κ1) is 30.4. The number of nitrogens with zero attached hydrogens (tertiary/aromatic N) is 2. The number of halogens is 1. The van der Waals surface area contributed by atoms with Crippen molar-refractivity contribution in [1.82, 2.24) is 4.98 Å². The third-order valence-electron chi connectivity index (χ3n) is 6.43. The van der Waals surface area contributed by atoms with E-state index in [1.807, 2.05) is 57.2 Å². The van der Waals surface area contributed by atoms with Crippen LogP contribution < -0.4 is 18.9 Å². The van der Waals surface area contributed by atoms with E-state index in [0.717, 1.165) is 22.3 Å². The van der Waals surface area contributed by atoms with Crippen LogP contribution in [-0.4, -0.2) is 35.7 Å². The highest BCUT2D eigenvalue weighted by molar-refractivity contribution is 6.32. The largest absolute Gasteiger partial charge is 0.488 e. The second-order valence-electron chi connectivity index (χ2n) is 9.25. The molecule has 1 aliphatic heterocycles. The number of ether oxygens (including phenoxy) is 4. The van der Waals surface area contributed by atoms with Gasteiger partial charge in [-0.15, -0.1) is 0 Å². The molecule has 9 heteroatoms. The highest BCUT2D eigenvalue weighted by Crippen LogP contribution is 2.37. The van der Waals surface area contributed by atoms with E-state index < -0.39 is 0 Å². The van der Waals surface area contributed by atoms with Crippen molar-refractivity contribution < 1.29 is 28.8 Å². The zero-order chi connectivity index (χ0) is 30.1. The van der Waals surface area contributed by atoms with Gasteiger partial charge in [-0.2, -0.15) is 5.26 Å². The van der Waals surface area contributed by atoms with Crippen molar-refractivity contribution in [3.63, 3.8) is 0 Å². The Kier molecular flexibility index (Phi) is 10.4. The minimum Gasteiger partial charge on any atom is -0.488 e. The molecule has 4 aromatic rings. The third kappa shape index (κ3) is 7.19. The van der Waals surface area contributed by atoms with E-state index in [1.54, 1.807) is 18.3 Å². The maximum absolute atomic E-state index is 11.6. The number of aryl methyl sites for hydroxylation is 1. The lowest BCUT2D eigenvalue weighted by molar-refractivity contribution is 0.0457. The van der Waals surface area contributed by atoms with Crippen LogP contribution in [0.4, 0.5) is 0 Å². The van der Waals surface area contributed by atoms with Crippen molar-refractivity contribution in [3.05, 3.63) is 99.8 Å². The molecule has 1 unspecified atom stereocenters. The van der Waals surface area contributed by atoms with Crippen LogP contribution in [0.3, 0.4) is 0 Å². The van der Waals surface area contributed by atoms with Crippen LogP contribution in [0.5, 0.6) is 23.0 Å². The third-order valence-corrected chi connectivity index (χ3v) is 6.73. The van der Waals surface area contributed by atoms with E-state index in [2.05, 4.69) is 11.1 Å². The fraction of sp³-hybridized carbons (Fsp3) is 0.242. The zero-order valence-corrected chi connectivity index (χ0v) is 24.4. The molecule has 0 amide bonds. The first-order valence-electron chi connectivity index (χ1n) is 13.5. The Morgan fingerprint density at radius 3 is 2.52 bits per heavy atom. The monoisotopic (exact) mass is 586 g/mol. The lowest BCUT2D eigenvalue weighted by Crippen LogP contribution is -2.32. The van der Waals surface area contributed by atoms with E-state index in [0.29, 0.717) is 47.0 Å². The molecule has 8 nitrogen and oxygen atoms in total. The van der Waals surface area contributed by atoms with Gasteiger partial charge in [-0.25, -0.2) is 0 Å². The number of pyridine rings is 1. The fourth-order valence-electron chi connectivity index (χ4n) is 4.24. The molecule has 42 heavy (non-hydrogen) atoms. The predicted molar refractivity (Wildman–Crippen MR) is 159 cm³/mol. The maximum Gasteiger partial charge on any atom is 0.162 e. The van der Waals surface area contributed by atoms with Crippen molar-refractivity contribution >= 4 is 17.9 Å². The van der Waals surface area contributed by atoms with Crippen molar-refractivity contribution in [2.24, 2.45) is 0 Å². The topological polar surface area (TPSA) is 111 Å². The normalized spacial score (nSPS) is 13.3. The Morgan fingerprint density at radius 2 is 1.79 bits per heavy atom. The predicted octanol–water partition coefficient (Wildman–Crippen LogP) is 6.71. The summed E-state index contributed by atoms with van der Waals surface area (Å²) >= 11 is 6.40. The standard InChI is InChI=1S/C31H25ClN2O6.C2H6/c1-19-6-22(23-4-5-28-31(9-23)40-26(15-36)18-39-28)2-3-24(19)17-38-30-10-29(25(14-35)8-27(30)32)37-16-21-7-20(11-33)12-34-13-21;1-2/h2-10,12-14,26,36H,15-18H2,1H3;1-2H3. The summed E-state index contributed by atoms with van der Waals surface area (Å²) in [5.41, 5.74) is 5.32. The Labute approximate surface area is 250 Å². The molecule has 0 bridgehead atoms. The number of hydrogen-bond acceptors (Lipinski definition) is 8. The van der Waals surface area contributed by atoms with Gasteiger partial charge in [0, 0.05) is 24.0 Å². The van der Waals surface area contributed by atoms with Gasteiger partial charge in [-0.3, -0.25) is 9.78 Å². The van der Waals surface area contributed by atoms with Gasteiger partial charge in [0.05, 0.1) is 22.8 Å². The molecule has 0 spiro atoms. The van der Waals surface area contributed by atoms with Gasteiger partial charge in [0.2, 0.25) is 0 Å². The number of aliphatic hydroxyl groups is 1. The molecule has 0 saturated carbocycles. The molecule has 0 saturated heterocycles. The van der Waals surface area contributed by atoms with Crippen LogP contribution in [-0.2, 0) is 13.2 Å². The summed E-state index contributed by atoms with van der Waals surface area (Å²) in [4.78, 5) is 15.7. The van der Waals surface area contributed by atoms with Gasteiger partial charge in [0.25, 0.3) is 0 Å². The first-order chi connectivity index (χ1) is 20.5. The number of carbonyl (C=O) groups excluding carboxylic acids is 1. The fourth-order valence-corrected chi connectivity index (χ4v) is 4.47. The van der Waals surface area contributed by atoms with Crippen LogP contribution in [0, 0.1) is 18.3 Å². The molecule has 1 atom stereocenters. The lowest BCUT2D eigenvalue weighted by Gasteiger charge is -2.25. The highest BCUT2D eigenvalue weighted by atomic mass is 35.5. The molecule has 216 valence electrons. The zero-order valence-electron chi connectivity index (χ0n) is 23.6. The average molecular weight is 587 g/mol. The number of nitriles is 1. The Hall–Kier alpha value is -4.58. The van der Waals surface area contributed by atoms with Crippen LogP contribution >= 0.6 is 11.6 Å². The highest BCUT2D eigenvalue weighted by Gasteiger charge is 2.21. The summed E-state index contributed by atoms with van der Waals surface area (Å²) in [6.45, 7) is 6.57. The summed E-state index contributed by atoms with van der Waals surface area (Å²) in [7, 11) is 0. The van der Waals surface area contributed by atoms with E-state index in [9.17, 15) is 9.90 Å². The van der Waals surface area contributed by atoms with E-state index in [1.165, 1.54) is 12.3 Å². The summed E-state index contributed by atoms with van der Waals surface area (Å²) in [5, 5.41) is 18.8. The molecule has 0 aliphatic carbocycles. The van der Waals surface area contributed by atoms with E-state index in [4.69, 9.17) is 35.8 Å². The molecule has 1 aromatic heterocycles. The van der Waals surface area contributed by atoms with Gasteiger partial charge >= 0.3 is 0 Å². The minimum absolute atomic E-state index is 0.110. The summed E-state index contributed by atoms with van der Waals surface area (Å²) in [6.07, 6.45) is 3.35. The number of hydrogen-bond donors (Lipinski definition) is 1. The van der Waals surface area contributed by atoms with Crippen LogP contribution in [0.1, 0.15) is 46.5 Å². The number of benzene rings is 3. The molecule has 0 radical (unpaired) electrons. The number of rotatable bonds is 9. The number of carbonyl (C=O) groups is 1. The van der Waals surface area contributed by atoms with E-state index >= 15 is 0 Å². The minimum atomic E-state index is -0.380. The number of aliphatic hydroxyl groups excluding tert-OH is 1. The smallest absolute Gasteiger partial charge is 0.162 e. The molecule has 3 aromatic carbocycles. The SMILES string of the molecule is CC.Cc1cc(-c2ccc3c(c2)OC(CO)CO3)ccc1COc1cc(OCc2cncc(C#N)c2)c(C=O)cc1Cl. The van der Waals surface area contributed by atoms with Crippen LogP contribution in [0.25, 0.3) is 11.1 Å². The lowest BCUT2D eigenvalue weighted by atomic mass is 9.99. The molecular weight excluding hydrogens is 556 g/mol. The summed E-state index contributed by atoms with van der Waals surface area (Å²) in [6, 6.07) is 18.6. The second-order valence-corrected chi connectivity index (χ2v) is 9.65. The first-order valence-corrected chi connectivity index (χ1v) is 13.9. The molecular formula is C33H31ClN2O6. The Bertz CT molecular complexity index is 1600. The Morgan fingerprint density at radius 1 is 1.02 bits per heavy atom. The van der Waals surface area contributed by atoms with Gasteiger partial charge < -0.3 is 24.1 Å². The average Bonchev–Trinajstić information content (AvgIpc) is 3.04. The van der Waals surface area contributed by atoms with Crippen LogP contribution in [0.2, 0.25) is 5.02 Å². The van der Waals surface area contributed by atoms with Gasteiger partial charge in [-0.1, -0.05) is 49.7 Å². The maximum atomic E-state index is 11.6. The van der Waals surface area contributed by atoms with Crippen molar-refractivity contribution in [2.45, 2.75) is 40.1 Å². The van der Waals surface area contributed by atoms with Crippen LogP contribution in [0.15, 0.2) is 67.0 Å². The van der Waals surface area contributed by atoms with Crippen molar-refractivity contribution in [3.8, 4) is 40.2 Å². The van der Waals surface area contributed by atoms with Gasteiger partial charge in [0.15, 0.2) is 23.9 Å². The number of aldehydes is 1. The van der Waals surface area contributed by atoms with Crippen molar-refractivity contribution in [1.29, 1.82) is 5.26 Å². The summed E-state index contributed by atoms with van der Waals surface area (Å²) in [5.74, 6) is 1.95. The molecule has 2 heterocycles. The quantitative estimate of drug-likeness (QED) is 0.215. The van der Waals surface area contributed by atoms with Crippen molar-refractivity contribution in [2.75, 3.05) is 13.2 Å². The van der Waals surface area contributed by atoms with Gasteiger partial charge in [0.1, 0.15) is 37.4 Å². The Balaban J connectivity index is 0.00000198. The number of fused-ring (bicyclic) bond motifs is 1. The molecule has 5 rings (SSSR count). The molecule has 1 aliphatic rings. The van der Waals surface area contributed by atoms with Gasteiger partial charge in [-0.05, 0) is 53.4 Å². The molecule has 0 fully saturated rings. The number of aromatic nitrogens is 1. The second kappa shape index (κ2) is 14.4.